The summed E-state index contributed by atoms with van der Waals surface area (Å²) in [7, 11) is 0. The zero-order valence-corrected chi connectivity index (χ0v) is 19.8. The van der Waals surface area contributed by atoms with Crippen molar-refractivity contribution in [1.82, 2.24) is 4.98 Å². The third-order valence-electron chi connectivity index (χ3n) is 5.81. The van der Waals surface area contributed by atoms with E-state index in [2.05, 4.69) is 25.8 Å². The van der Waals surface area contributed by atoms with Crippen LogP contribution in [0.25, 0.3) is 11.3 Å². The average Bonchev–Trinajstić information content (AvgIpc) is 3.54. The Labute approximate surface area is 183 Å². The highest BCUT2D eigenvalue weighted by Gasteiger charge is 2.18. The van der Waals surface area contributed by atoms with Crippen LogP contribution in [0.2, 0.25) is 0 Å². The lowest BCUT2D eigenvalue weighted by atomic mass is 9.79. The minimum atomic E-state index is -0.664. The summed E-state index contributed by atoms with van der Waals surface area (Å²) in [6, 6.07) is 8.08. The second-order valence-corrected chi connectivity index (χ2v) is 8.46. The predicted octanol–water partition coefficient (Wildman–Crippen LogP) is 9.00. The van der Waals surface area contributed by atoms with E-state index in [0.717, 1.165) is 35.6 Å². The van der Waals surface area contributed by atoms with E-state index in [-0.39, 0.29) is 5.69 Å². The van der Waals surface area contributed by atoms with Gasteiger partial charge in [0.2, 0.25) is 0 Å². The van der Waals surface area contributed by atoms with Gasteiger partial charge in [-0.05, 0) is 24.7 Å². The molecule has 2 aliphatic rings. The first-order valence-corrected chi connectivity index (χ1v) is 11.8. The summed E-state index contributed by atoms with van der Waals surface area (Å²) in [6.07, 6.45) is 11.3. The molecule has 2 saturated carbocycles. The molecule has 2 aliphatic carbocycles. The standard InChI is InChI=1S/C12H9F2N.C9H18.C4H8.C2H6/c1-8-2-4-9(5-3-8)12-11(14)6-10(13)7-15-12;1-3-9-7-5-4-6-8(9)2;1-4-2-3-4;1-2/h2-7H,1H3;8-9H,3-7H2,1-2H3;4H,2-3H2,1H3;1-2H3/t;8-,9?;;/m.0../s1. The smallest absolute Gasteiger partial charge is 0.152 e. The fourth-order valence-corrected chi connectivity index (χ4v) is 3.50. The van der Waals surface area contributed by atoms with Gasteiger partial charge in [-0.25, -0.2) is 8.78 Å². The van der Waals surface area contributed by atoms with E-state index in [0.29, 0.717) is 5.56 Å². The number of benzene rings is 1. The molecule has 0 aliphatic heterocycles. The lowest BCUT2D eigenvalue weighted by molar-refractivity contribution is 0.249. The van der Waals surface area contributed by atoms with E-state index in [1.54, 1.807) is 12.1 Å². The molecule has 0 radical (unpaired) electrons. The Balaban J connectivity index is 0.000000253. The molecule has 0 saturated heterocycles. The Morgan fingerprint density at radius 1 is 0.933 bits per heavy atom. The number of hydrogen-bond donors (Lipinski definition) is 0. The van der Waals surface area contributed by atoms with Gasteiger partial charge in [0.25, 0.3) is 0 Å². The molecule has 0 spiro atoms. The van der Waals surface area contributed by atoms with Crippen molar-refractivity contribution in [3.8, 4) is 11.3 Å². The van der Waals surface area contributed by atoms with Gasteiger partial charge in [-0.3, -0.25) is 4.98 Å². The van der Waals surface area contributed by atoms with Crippen molar-refractivity contribution in [3.63, 3.8) is 0 Å². The lowest BCUT2D eigenvalue weighted by Crippen LogP contribution is -2.15. The summed E-state index contributed by atoms with van der Waals surface area (Å²) in [5, 5.41) is 0. The molecule has 1 heterocycles. The maximum Gasteiger partial charge on any atom is 0.152 e. The third-order valence-corrected chi connectivity index (χ3v) is 5.81. The molecule has 1 nitrogen and oxygen atoms in total. The van der Waals surface area contributed by atoms with Crippen LogP contribution >= 0.6 is 0 Å². The molecule has 1 unspecified atom stereocenters. The van der Waals surface area contributed by atoms with Crippen molar-refractivity contribution in [2.24, 2.45) is 17.8 Å². The zero-order chi connectivity index (χ0) is 22.5. The Hall–Kier alpha value is -1.77. The molecule has 0 N–H and O–H groups in total. The molecular weight excluding hydrogens is 376 g/mol. The first-order valence-electron chi connectivity index (χ1n) is 11.8. The topological polar surface area (TPSA) is 12.9 Å². The Bertz CT molecular complexity index is 707. The van der Waals surface area contributed by atoms with E-state index in [1.807, 2.05) is 32.9 Å². The molecule has 0 amide bonds. The minimum absolute atomic E-state index is 0.177. The normalized spacial score (nSPS) is 19.9. The van der Waals surface area contributed by atoms with Gasteiger partial charge in [0.05, 0.1) is 6.20 Å². The van der Waals surface area contributed by atoms with E-state index < -0.39 is 11.6 Å². The van der Waals surface area contributed by atoms with Gasteiger partial charge >= 0.3 is 0 Å². The maximum atomic E-state index is 13.3. The number of nitrogens with zero attached hydrogens (tertiary/aromatic N) is 1. The van der Waals surface area contributed by atoms with Crippen molar-refractivity contribution in [1.29, 1.82) is 0 Å². The summed E-state index contributed by atoms with van der Waals surface area (Å²) in [4.78, 5) is 3.73. The fraction of sp³-hybridized carbons (Fsp3) is 0.593. The first kappa shape index (κ1) is 26.3. The van der Waals surface area contributed by atoms with Crippen LogP contribution in [-0.2, 0) is 0 Å². The molecule has 1 aromatic carbocycles. The average molecular weight is 418 g/mol. The van der Waals surface area contributed by atoms with Crippen molar-refractivity contribution < 1.29 is 8.78 Å². The summed E-state index contributed by atoms with van der Waals surface area (Å²) >= 11 is 0. The van der Waals surface area contributed by atoms with E-state index in [4.69, 9.17) is 0 Å². The molecule has 2 atom stereocenters. The number of pyridine rings is 1. The summed E-state index contributed by atoms with van der Waals surface area (Å²) in [6.45, 7) is 13.0. The van der Waals surface area contributed by atoms with Gasteiger partial charge in [-0.1, -0.05) is 109 Å². The van der Waals surface area contributed by atoms with E-state index in [9.17, 15) is 8.78 Å². The summed E-state index contributed by atoms with van der Waals surface area (Å²) in [5.41, 5.74) is 1.91. The highest BCUT2D eigenvalue weighted by Crippen LogP contribution is 2.31. The highest BCUT2D eigenvalue weighted by atomic mass is 19.1. The largest absolute Gasteiger partial charge is 0.250 e. The second-order valence-electron chi connectivity index (χ2n) is 8.46. The molecule has 0 bridgehead atoms. The van der Waals surface area contributed by atoms with Gasteiger partial charge in [0, 0.05) is 11.6 Å². The lowest BCUT2D eigenvalue weighted by Gasteiger charge is -2.27. The van der Waals surface area contributed by atoms with Crippen molar-refractivity contribution >= 4 is 0 Å². The first-order chi connectivity index (χ1) is 14.4. The van der Waals surface area contributed by atoms with Crippen LogP contribution in [0.4, 0.5) is 8.78 Å². The van der Waals surface area contributed by atoms with Crippen LogP contribution in [-0.4, -0.2) is 4.98 Å². The van der Waals surface area contributed by atoms with Crippen molar-refractivity contribution in [2.75, 3.05) is 0 Å². The van der Waals surface area contributed by atoms with Gasteiger partial charge in [0.1, 0.15) is 11.5 Å². The van der Waals surface area contributed by atoms with E-state index >= 15 is 0 Å². The highest BCUT2D eigenvalue weighted by molar-refractivity contribution is 5.59. The van der Waals surface area contributed by atoms with Crippen LogP contribution in [0.5, 0.6) is 0 Å². The van der Waals surface area contributed by atoms with Gasteiger partial charge in [-0.2, -0.15) is 0 Å². The van der Waals surface area contributed by atoms with Crippen LogP contribution in [0.15, 0.2) is 36.5 Å². The van der Waals surface area contributed by atoms with E-state index in [1.165, 1.54) is 44.9 Å². The minimum Gasteiger partial charge on any atom is -0.250 e. The predicted molar refractivity (Wildman–Crippen MR) is 125 cm³/mol. The molecular formula is C27H41F2N. The second kappa shape index (κ2) is 14.3. The SMILES string of the molecule is CC.CC1CC1.CCC1CCCC[C@@H]1C.Cc1ccc(-c2ncc(F)cc2F)cc1. The Morgan fingerprint density at radius 2 is 1.50 bits per heavy atom. The summed E-state index contributed by atoms with van der Waals surface area (Å²) in [5.74, 6) is 1.85. The third kappa shape index (κ3) is 9.82. The summed E-state index contributed by atoms with van der Waals surface area (Å²) < 4.78 is 26.0. The van der Waals surface area contributed by atoms with Crippen LogP contribution in [0.1, 0.15) is 85.1 Å². The van der Waals surface area contributed by atoms with Crippen molar-refractivity contribution in [2.45, 2.75) is 86.5 Å². The number of rotatable bonds is 2. The molecule has 1 aromatic heterocycles. The van der Waals surface area contributed by atoms with Gasteiger partial charge in [0.15, 0.2) is 5.82 Å². The monoisotopic (exact) mass is 417 g/mol. The maximum absolute atomic E-state index is 13.3. The molecule has 3 heteroatoms. The van der Waals surface area contributed by atoms with Gasteiger partial charge in [-0.15, -0.1) is 0 Å². The molecule has 30 heavy (non-hydrogen) atoms. The molecule has 2 aromatic rings. The van der Waals surface area contributed by atoms with Crippen LogP contribution < -0.4 is 0 Å². The molecule has 4 rings (SSSR count). The Kier molecular flexibility index (Phi) is 12.5. The fourth-order valence-electron chi connectivity index (χ4n) is 3.50. The van der Waals surface area contributed by atoms with Crippen molar-refractivity contribution in [3.05, 3.63) is 53.7 Å². The zero-order valence-electron chi connectivity index (χ0n) is 19.8. The Morgan fingerprint density at radius 3 is 1.93 bits per heavy atom. The number of aromatic nitrogens is 1. The van der Waals surface area contributed by atoms with Crippen LogP contribution in [0.3, 0.4) is 0 Å². The number of hydrogen-bond acceptors (Lipinski definition) is 1. The van der Waals surface area contributed by atoms with Gasteiger partial charge < -0.3 is 0 Å². The molecule has 2 fully saturated rings. The molecule has 168 valence electrons. The quantitative estimate of drug-likeness (QED) is 0.475. The number of aryl methyl sites for hydroxylation is 1. The number of halogens is 2. The van der Waals surface area contributed by atoms with Crippen LogP contribution in [0, 0.1) is 36.3 Å².